The summed E-state index contributed by atoms with van der Waals surface area (Å²) in [7, 11) is 1.61. The topological polar surface area (TPSA) is 104 Å². The van der Waals surface area contributed by atoms with Gasteiger partial charge in [0.15, 0.2) is 0 Å². The van der Waals surface area contributed by atoms with Crippen molar-refractivity contribution in [3.05, 3.63) is 68.6 Å². The van der Waals surface area contributed by atoms with Crippen LogP contribution < -0.4 is 16.2 Å². The van der Waals surface area contributed by atoms with Crippen LogP contribution >= 0.6 is 11.6 Å². The summed E-state index contributed by atoms with van der Waals surface area (Å²) in [4.78, 5) is 37.4. The molecule has 0 bridgehead atoms. The average molecular weight is 451 g/mol. The third-order valence-corrected chi connectivity index (χ3v) is 6.29. The number of nitrogens with zero attached hydrogens (tertiary/aromatic N) is 3. The summed E-state index contributed by atoms with van der Waals surface area (Å²) in [5, 5.41) is 6.75. The van der Waals surface area contributed by atoms with E-state index in [1.807, 2.05) is 22.9 Å². The van der Waals surface area contributed by atoms with Crippen molar-refractivity contribution in [2.45, 2.75) is 38.6 Å². The van der Waals surface area contributed by atoms with Crippen LogP contribution in [-0.4, -0.2) is 37.8 Å². The van der Waals surface area contributed by atoms with Gasteiger partial charge in [-0.1, -0.05) is 11.6 Å². The van der Waals surface area contributed by atoms with Gasteiger partial charge in [-0.3, -0.25) is 9.59 Å². The zero-order valence-electron chi connectivity index (χ0n) is 18.0. The van der Waals surface area contributed by atoms with Gasteiger partial charge in [0.25, 0.3) is 5.56 Å². The number of likely N-dealkylation sites (N-methyl/N-ethyl adjacent to an activating group) is 1. The van der Waals surface area contributed by atoms with Crippen molar-refractivity contribution in [2.24, 2.45) is 0 Å². The van der Waals surface area contributed by atoms with Gasteiger partial charge in [0.2, 0.25) is 5.91 Å². The molecule has 3 N–H and O–H groups in total. The van der Waals surface area contributed by atoms with Crippen molar-refractivity contribution in [1.82, 2.24) is 24.7 Å². The minimum atomic E-state index is -0.686. The molecule has 0 saturated heterocycles. The number of nitrogens with one attached hydrogen (secondary N) is 3. The highest BCUT2D eigenvalue weighted by molar-refractivity contribution is 6.31. The Morgan fingerprint density at radius 2 is 1.97 bits per heavy atom. The second-order valence-corrected chi connectivity index (χ2v) is 8.90. The van der Waals surface area contributed by atoms with E-state index >= 15 is 0 Å². The van der Waals surface area contributed by atoms with Crippen LogP contribution in [0.1, 0.15) is 35.5 Å². The van der Waals surface area contributed by atoms with Crippen molar-refractivity contribution < 1.29 is 4.79 Å². The number of aryl methyl sites for hydroxylation is 2. The van der Waals surface area contributed by atoms with Gasteiger partial charge in [0.1, 0.15) is 22.5 Å². The molecule has 0 aliphatic heterocycles. The van der Waals surface area contributed by atoms with Gasteiger partial charge >= 0.3 is 0 Å². The monoisotopic (exact) mass is 450 g/mol. The Kier molecular flexibility index (Phi) is 4.70. The van der Waals surface area contributed by atoms with Crippen LogP contribution in [0, 0.1) is 13.8 Å². The van der Waals surface area contributed by atoms with Gasteiger partial charge in [0, 0.05) is 30.9 Å². The Hall–Kier alpha value is -3.39. The molecule has 4 aromatic rings. The third-order valence-electron chi connectivity index (χ3n) is 6.07. The van der Waals surface area contributed by atoms with Crippen molar-refractivity contribution >= 4 is 39.7 Å². The van der Waals surface area contributed by atoms with Gasteiger partial charge in [-0.25, -0.2) is 9.97 Å². The number of pyridine rings is 1. The smallest absolute Gasteiger partial charge is 0.258 e. The lowest BCUT2D eigenvalue weighted by atomic mass is 10.1. The number of anilines is 1. The Morgan fingerprint density at radius 1 is 1.19 bits per heavy atom. The first-order chi connectivity index (χ1) is 15.3. The maximum Gasteiger partial charge on any atom is 0.258 e. The SMILES string of the molecule is CNC(=O)C1(Nc2cc(Cl)cc3c(=O)[nH]c(Cc4cn5cc(C)c(C)cc5n4)nc23)CC1. The molecule has 3 aromatic heterocycles. The highest BCUT2D eigenvalue weighted by Gasteiger charge is 2.49. The molecule has 1 fully saturated rings. The van der Waals surface area contributed by atoms with E-state index in [0.717, 1.165) is 11.3 Å². The lowest BCUT2D eigenvalue weighted by molar-refractivity contribution is -0.122. The molecule has 3 heterocycles. The number of hydrogen-bond acceptors (Lipinski definition) is 5. The van der Waals surface area contributed by atoms with Gasteiger partial charge in [0.05, 0.1) is 16.8 Å². The lowest BCUT2D eigenvalue weighted by Gasteiger charge is -2.18. The molecule has 1 aliphatic carbocycles. The Bertz CT molecular complexity index is 1410. The zero-order valence-corrected chi connectivity index (χ0v) is 18.8. The summed E-state index contributed by atoms with van der Waals surface area (Å²) in [5.41, 5.74) is 4.08. The van der Waals surface area contributed by atoms with Crippen molar-refractivity contribution in [1.29, 1.82) is 0 Å². The number of amides is 1. The number of imidazole rings is 1. The molecule has 0 unspecified atom stereocenters. The number of carbonyl (C=O) groups is 1. The second-order valence-electron chi connectivity index (χ2n) is 8.46. The van der Waals surface area contributed by atoms with E-state index in [1.165, 1.54) is 11.1 Å². The molecule has 1 aliphatic rings. The van der Waals surface area contributed by atoms with Gasteiger partial charge in [-0.2, -0.15) is 0 Å². The van der Waals surface area contributed by atoms with E-state index in [0.29, 0.717) is 46.7 Å². The first-order valence-electron chi connectivity index (χ1n) is 10.5. The predicted molar refractivity (Wildman–Crippen MR) is 125 cm³/mol. The molecule has 0 atom stereocenters. The molecule has 0 radical (unpaired) electrons. The number of aromatic nitrogens is 4. The minimum absolute atomic E-state index is 0.0917. The number of H-pyrrole nitrogens is 1. The van der Waals surface area contributed by atoms with E-state index in [4.69, 9.17) is 16.6 Å². The second kappa shape index (κ2) is 7.34. The van der Waals surface area contributed by atoms with Crippen LogP contribution in [0.3, 0.4) is 0 Å². The highest BCUT2D eigenvalue weighted by Crippen LogP contribution is 2.41. The van der Waals surface area contributed by atoms with Crippen LogP contribution in [0.2, 0.25) is 5.02 Å². The molecule has 8 nitrogen and oxygen atoms in total. The number of halogens is 1. The van der Waals surface area contributed by atoms with E-state index in [1.54, 1.807) is 19.2 Å². The molecule has 5 rings (SSSR count). The van der Waals surface area contributed by atoms with E-state index < -0.39 is 5.54 Å². The van der Waals surface area contributed by atoms with Crippen molar-refractivity contribution in [2.75, 3.05) is 12.4 Å². The van der Waals surface area contributed by atoms with Crippen molar-refractivity contribution in [3.8, 4) is 0 Å². The summed E-state index contributed by atoms with van der Waals surface area (Å²) in [5.74, 6) is 0.403. The molecule has 164 valence electrons. The van der Waals surface area contributed by atoms with Gasteiger partial charge in [-0.15, -0.1) is 0 Å². The molecular weight excluding hydrogens is 428 g/mol. The summed E-state index contributed by atoms with van der Waals surface area (Å²) in [6.07, 6.45) is 5.76. The number of benzene rings is 1. The fraction of sp³-hybridized carbons (Fsp3) is 0.304. The normalized spacial score (nSPS) is 14.6. The quantitative estimate of drug-likeness (QED) is 0.433. The first-order valence-corrected chi connectivity index (χ1v) is 10.8. The van der Waals surface area contributed by atoms with Crippen LogP contribution in [0.4, 0.5) is 5.69 Å². The fourth-order valence-electron chi connectivity index (χ4n) is 4.01. The number of carbonyl (C=O) groups excluding carboxylic acids is 1. The van der Waals surface area contributed by atoms with Crippen LogP contribution in [0.15, 0.2) is 35.4 Å². The maximum atomic E-state index is 12.8. The standard InChI is InChI=1S/C23H23ClN6O2/c1-12-6-19-26-15(11-30(19)10-13(12)2)9-18-27-20-16(21(31)28-18)7-14(24)8-17(20)29-23(4-5-23)22(32)25-3/h6-8,10-11,29H,4-5,9H2,1-3H3,(H,25,32)(H,27,28,31). The molecule has 1 aromatic carbocycles. The van der Waals surface area contributed by atoms with Gasteiger partial charge in [-0.05, 0) is 56.0 Å². The Morgan fingerprint density at radius 3 is 2.69 bits per heavy atom. The molecule has 0 spiro atoms. The number of fused-ring (bicyclic) bond motifs is 2. The van der Waals surface area contributed by atoms with Crippen LogP contribution in [-0.2, 0) is 11.2 Å². The summed E-state index contributed by atoms with van der Waals surface area (Å²) >= 11 is 6.26. The maximum absolute atomic E-state index is 12.8. The summed E-state index contributed by atoms with van der Waals surface area (Å²) < 4.78 is 1.98. The molecular formula is C23H23ClN6O2. The molecule has 1 saturated carbocycles. The molecule has 9 heteroatoms. The van der Waals surface area contributed by atoms with E-state index in [-0.39, 0.29) is 11.5 Å². The van der Waals surface area contributed by atoms with Gasteiger partial charge < -0.3 is 20.0 Å². The van der Waals surface area contributed by atoms with E-state index in [2.05, 4.69) is 34.4 Å². The fourth-order valence-corrected chi connectivity index (χ4v) is 4.23. The van der Waals surface area contributed by atoms with Crippen LogP contribution in [0.25, 0.3) is 16.6 Å². The highest BCUT2D eigenvalue weighted by atomic mass is 35.5. The molecule has 32 heavy (non-hydrogen) atoms. The number of aromatic amines is 1. The first kappa shape index (κ1) is 20.5. The molecule has 1 amide bonds. The number of rotatable bonds is 5. The lowest BCUT2D eigenvalue weighted by Crippen LogP contribution is -2.40. The van der Waals surface area contributed by atoms with Crippen molar-refractivity contribution in [3.63, 3.8) is 0 Å². The van der Waals surface area contributed by atoms with E-state index in [9.17, 15) is 9.59 Å². The zero-order chi connectivity index (χ0) is 22.6. The summed E-state index contributed by atoms with van der Waals surface area (Å²) in [6, 6.07) is 5.33. The Balaban J connectivity index is 1.56. The average Bonchev–Trinajstić information content (AvgIpc) is 3.43. The predicted octanol–water partition coefficient (Wildman–Crippen LogP) is 3.12. The minimum Gasteiger partial charge on any atom is -0.369 e. The third kappa shape index (κ3) is 3.50. The largest absolute Gasteiger partial charge is 0.369 e. The summed E-state index contributed by atoms with van der Waals surface area (Å²) in [6.45, 7) is 4.11. The van der Waals surface area contributed by atoms with Crippen LogP contribution in [0.5, 0.6) is 0 Å². The number of hydrogen-bond donors (Lipinski definition) is 3. The Labute approximate surface area is 189 Å².